The summed E-state index contributed by atoms with van der Waals surface area (Å²) in [4.78, 5) is 23.8. The Morgan fingerprint density at radius 1 is 1.40 bits per heavy atom. The van der Waals surface area contributed by atoms with Crippen LogP contribution in [0.5, 0.6) is 5.75 Å². The van der Waals surface area contributed by atoms with Gasteiger partial charge in [-0.25, -0.2) is 9.80 Å². The molecule has 0 fully saturated rings. The van der Waals surface area contributed by atoms with Crippen molar-refractivity contribution in [3.05, 3.63) is 29.3 Å². The van der Waals surface area contributed by atoms with E-state index < -0.39 is 29.7 Å². The number of hydrogen-bond donors (Lipinski definition) is 3. The predicted octanol–water partition coefficient (Wildman–Crippen LogP) is -0.000920. The van der Waals surface area contributed by atoms with Gasteiger partial charge in [-0.05, 0) is 32.0 Å². The number of fused-ring (bicyclic) bond motifs is 1. The first kappa shape index (κ1) is 20.2. The summed E-state index contributed by atoms with van der Waals surface area (Å²) >= 11 is 0. The molecule has 1 aromatic rings. The summed E-state index contributed by atoms with van der Waals surface area (Å²) in [5.41, 5.74) is 2.23. The van der Waals surface area contributed by atoms with Crippen molar-refractivity contribution in [3.63, 3.8) is 0 Å². The lowest BCUT2D eigenvalue weighted by molar-refractivity contribution is -0.129. The maximum atomic E-state index is 12.3. The van der Waals surface area contributed by atoms with Gasteiger partial charge in [0.15, 0.2) is 0 Å². The number of nitrogens with zero attached hydrogens (tertiary/aromatic N) is 2. The van der Waals surface area contributed by atoms with Crippen LogP contribution in [-0.2, 0) is 4.79 Å². The Morgan fingerprint density at radius 3 is 2.56 bits per heavy atom. The zero-order valence-electron chi connectivity index (χ0n) is 14.5. The molecule has 2 rings (SSSR count). The Morgan fingerprint density at radius 2 is 2.04 bits per heavy atom. The number of urea groups is 1. The summed E-state index contributed by atoms with van der Waals surface area (Å²) in [6.07, 6.45) is -1.14. The molecule has 5 N–H and O–H groups in total. The average molecular weight is 350 g/mol. The second kappa shape index (κ2) is 7.38. The lowest BCUT2D eigenvalue weighted by Gasteiger charge is -2.45. The first-order valence-electron chi connectivity index (χ1n) is 7.40. The standard InChI is InChI=1S/C16H20N4O4.H2O/c1-9(21)19-20(15(23)18-4)13-11-7-10(8-17)5-6-12(11)24-16(2,3)14(13)22;/h5-7,13-14,22H,1-4H3,(H,18,23)(H,19,21);1H2/t13-,14+;/m1./s1. The largest absolute Gasteiger partial charge is 0.485 e. The van der Waals surface area contributed by atoms with Crippen molar-refractivity contribution in [2.75, 3.05) is 7.05 Å². The van der Waals surface area contributed by atoms with Crippen molar-refractivity contribution in [2.45, 2.75) is 38.5 Å². The van der Waals surface area contributed by atoms with Crippen molar-refractivity contribution in [2.24, 2.45) is 0 Å². The van der Waals surface area contributed by atoms with Crippen LogP contribution in [-0.4, -0.2) is 46.3 Å². The van der Waals surface area contributed by atoms with Crippen LogP contribution in [0.1, 0.15) is 37.9 Å². The van der Waals surface area contributed by atoms with Crippen molar-refractivity contribution >= 4 is 11.9 Å². The number of benzene rings is 1. The molecule has 9 heteroatoms. The second-order valence-corrected chi connectivity index (χ2v) is 6.05. The summed E-state index contributed by atoms with van der Waals surface area (Å²) in [6.45, 7) is 4.63. The van der Waals surface area contributed by atoms with Crippen LogP contribution in [0.25, 0.3) is 0 Å². The molecule has 136 valence electrons. The fraction of sp³-hybridized carbons (Fsp3) is 0.438. The van der Waals surface area contributed by atoms with Crippen LogP contribution in [0.3, 0.4) is 0 Å². The third-order valence-corrected chi connectivity index (χ3v) is 3.83. The number of hydrogen-bond acceptors (Lipinski definition) is 5. The predicted molar refractivity (Wildman–Crippen MR) is 88.3 cm³/mol. The van der Waals surface area contributed by atoms with E-state index in [2.05, 4.69) is 10.7 Å². The molecule has 1 aromatic carbocycles. The van der Waals surface area contributed by atoms with Gasteiger partial charge in [0.1, 0.15) is 23.5 Å². The van der Waals surface area contributed by atoms with Crippen LogP contribution in [0, 0.1) is 11.3 Å². The van der Waals surface area contributed by atoms with Crippen LogP contribution < -0.4 is 15.5 Å². The molecule has 0 unspecified atom stereocenters. The topological polar surface area (TPSA) is 146 Å². The van der Waals surface area contributed by atoms with Gasteiger partial charge in [-0.1, -0.05) is 0 Å². The molecule has 25 heavy (non-hydrogen) atoms. The fourth-order valence-electron chi connectivity index (χ4n) is 2.65. The van der Waals surface area contributed by atoms with Crippen LogP contribution >= 0.6 is 0 Å². The fourth-order valence-corrected chi connectivity index (χ4v) is 2.65. The highest BCUT2D eigenvalue weighted by atomic mass is 16.5. The number of nitrogens with one attached hydrogen (secondary N) is 2. The molecular weight excluding hydrogens is 328 g/mol. The highest BCUT2D eigenvalue weighted by molar-refractivity contribution is 5.80. The summed E-state index contributed by atoms with van der Waals surface area (Å²) in [5, 5.41) is 23.3. The summed E-state index contributed by atoms with van der Waals surface area (Å²) < 4.78 is 5.80. The summed E-state index contributed by atoms with van der Waals surface area (Å²) in [5.74, 6) is -0.0263. The number of ether oxygens (including phenoxy) is 1. The van der Waals surface area contributed by atoms with Gasteiger partial charge in [-0.3, -0.25) is 10.2 Å². The minimum atomic E-state index is -1.14. The number of carbonyl (C=O) groups is 2. The molecule has 9 nitrogen and oxygen atoms in total. The maximum absolute atomic E-state index is 12.3. The van der Waals surface area contributed by atoms with Gasteiger partial charge in [0.25, 0.3) is 0 Å². The van der Waals surface area contributed by atoms with Gasteiger partial charge in [0.05, 0.1) is 11.6 Å². The molecule has 0 bridgehead atoms. The molecule has 1 heterocycles. The van der Waals surface area contributed by atoms with E-state index in [-0.39, 0.29) is 5.48 Å². The summed E-state index contributed by atoms with van der Waals surface area (Å²) in [6, 6.07) is 5.24. The zero-order valence-corrected chi connectivity index (χ0v) is 14.5. The van der Waals surface area contributed by atoms with E-state index in [9.17, 15) is 14.7 Å². The molecule has 0 saturated carbocycles. The number of aliphatic hydroxyl groups excluding tert-OH is 1. The number of hydrazine groups is 1. The lowest BCUT2D eigenvalue weighted by atomic mass is 9.85. The maximum Gasteiger partial charge on any atom is 0.336 e. The Balaban J connectivity index is 0.00000312. The minimum Gasteiger partial charge on any atom is -0.485 e. The molecule has 3 amide bonds. The van der Waals surface area contributed by atoms with Gasteiger partial charge in [-0.15, -0.1) is 0 Å². The molecule has 0 spiro atoms. The van der Waals surface area contributed by atoms with E-state index in [4.69, 9.17) is 10.00 Å². The van der Waals surface area contributed by atoms with Crippen molar-refractivity contribution < 1.29 is 24.9 Å². The molecule has 1 aliphatic heterocycles. The normalized spacial score (nSPS) is 20.0. The molecule has 0 radical (unpaired) electrons. The van der Waals surface area contributed by atoms with Gasteiger partial charge in [0, 0.05) is 19.5 Å². The van der Waals surface area contributed by atoms with Crippen LogP contribution in [0.15, 0.2) is 18.2 Å². The quantitative estimate of drug-likeness (QED) is 0.610. The van der Waals surface area contributed by atoms with E-state index in [1.165, 1.54) is 20.0 Å². The first-order chi connectivity index (χ1) is 11.2. The second-order valence-electron chi connectivity index (χ2n) is 6.05. The number of nitriles is 1. The molecule has 0 saturated heterocycles. The van der Waals surface area contributed by atoms with E-state index in [1.807, 2.05) is 6.07 Å². The molecule has 0 aliphatic carbocycles. The van der Waals surface area contributed by atoms with Gasteiger partial charge >= 0.3 is 6.03 Å². The Hall–Kier alpha value is -2.83. The van der Waals surface area contributed by atoms with Crippen molar-refractivity contribution in [1.29, 1.82) is 5.26 Å². The number of amides is 3. The number of aliphatic hydroxyl groups is 1. The molecular formula is C16H22N4O5. The highest BCUT2D eigenvalue weighted by Crippen LogP contribution is 2.42. The van der Waals surface area contributed by atoms with Crippen molar-refractivity contribution in [1.82, 2.24) is 15.8 Å². The van der Waals surface area contributed by atoms with Gasteiger partial charge in [-0.2, -0.15) is 5.26 Å². The van der Waals surface area contributed by atoms with E-state index in [0.717, 1.165) is 5.01 Å². The third-order valence-electron chi connectivity index (χ3n) is 3.83. The third kappa shape index (κ3) is 3.81. The Bertz CT molecular complexity index is 713. The van der Waals surface area contributed by atoms with Crippen LogP contribution in [0.4, 0.5) is 4.79 Å². The van der Waals surface area contributed by atoms with Crippen LogP contribution in [0.2, 0.25) is 0 Å². The minimum absolute atomic E-state index is 0. The smallest absolute Gasteiger partial charge is 0.336 e. The molecule has 0 aromatic heterocycles. The number of carbonyl (C=O) groups excluding carboxylic acids is 2. The van der Waals surface area contributed by atoms with E-state index in [0.29, 0.717) is 16.9 Å². The monoisotopic (exact) mass is 350 g/mol. The van der Waals surface area contributed by atoms with Crippen molar-refractivity contribution in [3.8, 4) is 11.8 Å². The zero-order chi connectivity index (χ0) is 18.1. The SMILES string of the molecule is CNC(=O)N(NC(C)=O)[C@@H]1c2cc(C#N)ccc2OC(C)(C)[C@H]1O.O. The van der Waals surface area contributed by atoms with E-state index >= 15 is 0 Å². The Labute approximate surface area is 145 Å². The van der Waals surface area contributed by atoms with Gasteiger partial charge < -0.3 is 20.6 Å². The molecule has 2 atom stereocenters. The number of rotatable bonds is 1. The highest BCUT2D eigenvalue weighted by Gasteiger charge is 2.47. The Kier molecular flexibility index (Phi) is 5.96. The average Bonchev–Trinajstić information content (AvgIpc) is 2.53. The van der Waals surface area contributed by atoms with E-state index in [1.54, 1.807) is 26.0 Å². The summed E-state index contributed by atoms with van der Waals surface area (Å²) in [7, 11) is 1.42. The first-order valence-corrected chi connectivity index (χ1v) is 7.40. The molecule has 1 aliphatic rings. The lowest BCUT2D eigenvalue weighted by Crippen LogP contribution is -2.60. The van der Waals surface area contributed by atoms with Gasteiger partial charge in [0.2, 0.25) is 5.91 Å².